The highest BCUT2D eigenvalue weighted by atomic mass is 16.7. The van der Waals surface area contributed by atoms with Crippen molar-refractivity contribution in [2.45, 2.75) is 426 Å². The van der Waals surface area contributed by atoms with Crippen molar-refractivity contribution in [1.29, 1.82) is 0 Å². The largest absolute Gasteiger partial charge is 0.459 e. The van der Waals surface area contributed by atoms with Crippen LogP contribution in [0.3, 0.4) is 0 Å². The van der Waals surface area contributed by atoms with Gasteiger partial charge in [0, 0.05) is 114 Å². The third-order valence-electron chi connectivity index (χ3n) is 33.8. The number of carbonyl (C=O) groups excluding carboxylic acids is 4. The number of hydrogen-bond acceptors (Lipinski definition) is 31. The molecule has 8 saturated heterocycles. The van der Waals surface area contributed by atoms with Crippen molar-refractivity contribution >= 4 is 46.4 Å². The number of aliphatic hydroxyl groups excluding tert-OH is 4. The van der Waals surface area contributed by atoms with Gasteiger partial charge in [0.15, 0.2) is 18.4 Å². The molecule has 0 saturated carbocycles. The molecule has 786 valence electrons. The normalized spacial score (nSPS) is 45.2. The summed E-state index contributed by atoms with van der Waals surface area (Å²) in [5, 5.41) is 104. The Morgan fingerprint density at radius 2 is 1.06 bits per heavy atom. The number of methoxy groups -OCH3 is 3. The number of aromatic nitrogens is 1. The summed E-state index contributed by atoms with van der Waals surface area (Å²) in [5.74, 6) is -7.64. The van der Waals surface area contributed by atoms with Crippen LogP contribution in [0.25, 0.3) is 17.0 Å². The number of likely N-dealkylation sites (N-methyl/N-ethyl adjacent to an activating group) is 1. The molecule has 2 aromatic rings. The van der Waals surface area contributed by atoms with Crippen LogP contribution in [0.5, 0.6) is 0 Å². The fourth-order valence-electron chi connectivity index (χ4n) is 23.2. The van der Waals surface area contributed by atoms with Crippen LogP contribution in [0, 0.1) is 82.9 Å². The Labute approximate surface area is 818 Å². The number of Topliss-reactive ketones (excluding diaryl/α,β-unsaturated/α-hetero) is 1. The quantitative estimate of drug-likeness (QED) is 0.0424. The van der Waals surface area contributed by atoms with Gasteiger partial charge in [-0.1, -0.05) is 132 Å². The highest BCUT2D eigenvalue weighted by molar-refractivity contribution is 5.89. The van der Waals surface area contributed by atoms with E-state index in [2.05, 4.69) is 53.4 Å². The second-order valence-electron chi connectivity index (χ2n) is 44.4. The van der Waals surface area contributed by atoms with E-state index in [0.29, 0.717) is 25.1 Å². The summed E-state index contributed by atoms with van der Waals surface area (Å²) in [6.07, 6.45) is -1.31. The second-order valence-corrected chi connectivity index (χ2v) is 44.4. The number of benzene rings is 1. The fraction of sp³-hybridized carbons (Fsp3) is 0.849. The minimum Gasteiger partial charge on any atom is -0.459 e. The second kappa shape index (κ2) is 48.9. The number of pyridine rings is 1. The molecular weight excluding hydrogens is 1760 g/mol. The predicted octanol–water partition coefficient (Wildman–Crippen LogP) is 12.7. The summed E-state index contributed by atoms with van der Waals surface area (Å²) < 4.78 is 81.5. The van der Waals surface area contributed by atoms with E-state index in [1.807, 2.05) is 133 Å². The Morgan fingerprint density at radius 3 is 1.57 bits per heavy atom. The van der Waals surface area contributed by atoms with E-state index >= 15 is 0 Å². The van der Waals surface area contributed by atoms with Gasteiger partial charge in [-0.2, -0.15) is 0 Å². The van der Waals surface area contributed by atoms with Crippen molar-refractivity contribution in [2.24, 2.45) is 88.0 Å². The molecule has 0 amide bonds. The van der Waals surface area contributed by atoms with Crippen molar-refractivity contribution in [1.82, 2.24) is 20.5 Å². The number of rotatable bonds is 16. The summed E-state index contributed by atoms with van der Waals surface area (Å²) in [7, 11) is 6.69. The number of ketones is 1. The smallest absolute Gasteiger partial charge is 0.311 e. The summed E-state index contributed by atoms with van der Waals surface area (Å²) in [6.45, 7) is 56.4. The number of oxime groups is 1. The lowest BCUT2D eigenvalue weighted by molar-refractivity contribution is -0.307. The lowest BCUT2D eigenvalue weighted by Crippen LogP contribution is -2.59. The topological polar surface area (TPSA) is 412 Å². The number of cyclic esters (lactones) is 3. The number of piperidine rings is 2. The third kappa shape index (κ3) is 27.4. The average molecular weight is 1940 g/mol. The number of aliphatic hydroxyl groups is 8. The molecule has 2 bridgehead atoms. The number of nitrogens with zero attached hydrogens (tertiary/aromatic N) is 3. The van der Waals surface area contributed by atoms with Gasteiger partial charge in [0.05, 0.1) is 106 Å². The first kappa shape index (κ1) is 117. The Bertz CT molecular complexity index is 4200. The lowest BCUT2D eigenvalue weighted by Gasteiger charge is -2.48. The molecule has 2 unspecified atom stereocenters. The van der Waals surface area contributed by atoms with Crippen LogP contribution in [-0.2, 0) is 85.6 Å². The van der Waals surface area contributed by atoms with Crippen LogP contribution in [0.4, 0.5) is 0 Å². The number of hydrogen-bond donors (Lipinski definition) is 10. The van der Waals surface area contributed by atoms with Crippen LogP contribution in [-0.4, -0.2) is 303 Å². The van der Waals surface area contributed by atoms with E-state index in [-0.39, 0.29) is 110 Å². The van der Waals surface area contributed by atoms with Gasteiger partial charge in [-0.15, -0.1) is 0 Å². The first-order valence-corrected chi connectivity index (χ1v) is 51.2. The first-order chi connectivity index (χ1) is 63.8. The molecule has 10 N–H and O–H groups in total. The molecule has 31 heteroatoms. The van der Waals surface area contributed by atoms with Gasteiger partial charge < -0.3 is 123 Å². The van der Waals surface area contributed by atoms with E-state index in [4.69, 9.17) is 66.4 Å². The monoisotopic (exact) mass is 1940 g/mol. The molecule has 1 aromatic carbocycles. The van der Waals surface area contributed by atoms with E-state index in [0.717, 1.165) is 74.7 Å². The number of esters is 3. The summed E-state index contributed by atoms with van der Waals surface area (Å²) in [6, 6.07) is 9.57. The maximum Gasteiger partial charge on any atom is 0.311 e. The highest BCUT2D eigenvalue weighted by Gasteiger charge is 2.59. The van der Waals surface area contributed by atoms with Gasteiger partial charge in [0.2, 0.25) is 0 Å². The van der Waals surface area contributed by atoms with Gasteiger partial charge in [-0.25, -0.2) is 0 Å². The molecule has 9 heterocycles. The predicted molar refractivity (Wildman–Crippen MR) is 524 cm³/mol. The summed E-state index contributed by atoms with van der Waals surface area (Å²) in [5.41, 5.74) is -7.27. The zero-order valence-corrected chi connectivity index (χ0v) is 89.0. The van der Waals surface area contributed by atoms with Crippen molar-refractivity contribution < 1.29 is 126 Å². The van der Waals surface area contributed by atoms with Crippen LogP contribution in [0.1, 0.15) is 276 Å². The molecule has 10 rings (SSSR count). The molecule has 0 aliphatic carbocycles. The van der Waals surface area contributed by atoms with Gasteiger partial charge in [0.1, 0.15) is 65.3 Å². The Morgan fingerprint density at radius 1 is 0.555 bits per heavy atom. The van der Waals surface area contributed by atoms with E-state index < -0.39 is 190 Å². The van der Waals surface area contributed by atoms with Crippen LogP contribution >= 0.6 is 0 Å². The molecule has 137 heavy (non-hydrogen) atoms. The molecule has 8 aliphatic heterocycles. The van der Waals surface area contributed by atoms with E-state index in [1.54, 1.807) is 96.6 Å². The third-order valence-corrected chi connectivity index (χ3v) is 33.8. The van der Waals surface area contributed by atoms with Crippen LogP contribution in [0.15, 0.2) is 47.8 Å². The number of nitrogens with one attached hydrogen (secondary N) is 2. The number of fused-ring (bicyclic) bond motifs is 4. The summed E-state index contributed by atoms with van der Waals surface area (Å²) in [4.78, 5) is 68.6. The van der Waals surface area contributed by atoms with Crippen molar-refractivity contribution in [2.75, 3.05) is 67.7 Å². The molecule has 31 nitrogen and oxygen atoms in total. The minimum atomic E-state index is -1.84. The number of carbonyl (C=O) groups is 4. The van der Waals surface area contributed by atoms with Crippen LogP contribution in [0.2, 0.25) is 0 Å². The van der Waals surface area contributed by atoms with E-state index in [1.165, 1.54) is 14.0 Å². The zero-order valence-electron chi connectivity index (χ0n) is 89.0. The molecule has 1 aromatic heterocycles. The summed E-state index contributed by atoms with van der Waals surface area (Å²) >= 11 is 0. The average Bonchev–Trinajstić information content (AvgIpc) is 1.67. The van der Waals surface area contributed by atoms with Crippen LogP contribution < -0.4 is 10.6 Å². The van der Waals surface area contributed by atoms with Gasteiger partial charge >= 0.3 is 17.9 Å². The van der Waals surface area contributed by atoms with Gasteiger partial charge in [-0.05, 0) is 221 Å². The molecule has 39 atom stereocenters. The standard InChI is InChI=1S/C43H65NO10.C35H64N2O10.C28H52N2O6/c1-13-34-43(10,48)39(51-20-16-17-31-21-32-18-14-15-19-33(32)44-24-31)27(4)36(45)25(2)22-41(8,49-11)29(6)26(3)37(28(5)40(47)53-34)54-35-23-42(9,50-12)38(46)30(7)52-35;1-12-26-35(10,42)30(38)21(4)28(37-47-25-14-13-15-36-18-25)19(2)16-33(8,41)23(6)20(3)29(22(5)32(40)45-26)46-27-17-34(9,43-11)31(39)24(7)44-27;1-10-22-27(8,33)24(31)21(6)30(9)16-17(2)15-26(7)20(5)18(3)23(19(4)25(32)34-22)35-28(36-26)11-13-29-14-12-28/h14-19,21,24-30,34-35,37-39,46,48H,13,20,22-23H2,1-12H3;19-27,29-31,36,38-39,41-42H,12-18H2,1-11H3;17-24,29,31,33H,10-16H2,1-9H3/b17-16+;;/t25-,26-,27+,28-,29-,30+,34-,35+,37+,38+,39-,41-,42-,43-;19-,20-,21+,22-,23-,24+,25?,26-,27?,29+,30-,31+,33-,34-,35-;17-,18-,19-,20-,21-,22-,23+,24-,26+,27-/m111/s1. The number of ether oxygens (including phenoxy) is 13. The fourth-order valence-corrected chi connectivity index (χ4v) is 23.2. The molecule has 8 fully saturated rings. The van der Waals surface area contributed by atoms with Crippen molar-refractivity contribution in [3.05, 3.63) is 48.2 Å². The highest BCUT2D eigenvalue weighted by Crippen LogP contribution is 2.50. The minimum absolute atomic E-state index is 0.0481. The van der Waals surface area contributed by atoms with Crippen molar-refractivity contribution in [3.8, 4) is 0 Å². The van der Waals surface area contributed by atoms with Crippen molar-refractivity contribution in [3.63, 3.8) is 0 Å². The van der Waals surface area contributed by atoms with Gasteiger partial charge in [-0.3, -0.25) is 24.2 Å². The Hall–Kier alpha value is -4.92. The molecule has 0 radical (unpaired) electrons. The Kier molecular flexibility index (Phi) is 41.8. The zero-order chi connectivity index (χ0) is 103. The first-order valence-electron chi connectivity index (χ1n) is 51.2. The Balaban J connectivity index is 0.000000257. The SMILES string of the molecule is CC[C@H]1OC(=O)[C@H](C)[C@@H](OC2C[C@@](C)(OC)[C@@H](O)[C@H](C)O2)[C@H](C)[C@@H](C)[C@](C)(O)C[C@@H](C)C(=NOC2CCCNC2)[C@H](C)[C@@H](O)[C@]1(C)O.CC[C@H]1OC(=O)[C@H](C)[C@@H](O[C@H]2C[C@@](C)(OC)[C@@H](O)[C@H](C)O2)[C@H](C)[C@@H](C)[C@](C)(OC)C[C@@H](C)C(=O)[C@H](C)[C@@H](OC/C=C/c2cnc3ccccc3c2)[C@]1(C)O.CC[C@H]1OC(=O)[C@H](C)[C@H]2OC3(CCNCC3)O[C@@](C)(C[C@@H](C)CN(C)[C@H](C)[C@@H](O)[C@]1(C)O)[C@H](C)[C@H]2C. The molecular formula is C106H181N5O26. The lowest BCUT2D eigenvalue weighted by atomic mass is 9.70. The molecule has 8 aliphatic rings. The number of para-hydroxylation sites is 1. The van der Waals surface area contributed by atoms with E-state index in [9.17, 15) is 60.0 Å². The van der Waals surface area contributed by atoms with Gasteiger partial charge in [0.25, 0.3) is 0 Å². The maximum absolute atomic E-state index is 14.3. The maximum atomic E-state index is 14.3. The molecule has 1 spiro atoms.